The SMILES string of the molecule is CC1=Cc2c(-c3cc(C(F)(F)F)cc(C(F)(F)F)c3)cccc2[CH]1[Zr+2]1([CH]2C(C)=Cc3c(-c4cc(C(F)(F)F)cc(C(F)(F)F)c4)cccc32)[CH2][CH2]1.Cc1cccc(C)c1[O-].Cc1cccc(C)c1[O-]. The molecule has 2 unspecified atom stereocenters. The molecule has 9 rings (SSSR count). The molecule has 1 aliphatic heterocycles. The molecule has 2 aliphatic carbocycles. The fourth-order valence-electron chi connectivity index (χ4n) is 9.84. The van der Waals surface area contributed by atoms with Gasteiger partial charge >= 0.3 is 290 Å². The average molecular weight is 1040 g/mol. The molecule has 1 heterocycles. The first-order valence-corrected chi connectivity index (χ1v) is 28.0. The predicted octanol–water partition coefficient (Wildman–Crippen LogP) is 16.5. The Morgan fingerprint density at radius 1 is 0.406 bits per heavy atom. The van der Waals surface area contributed by atoms with E-state index in [-0.39, 0.29) is 53.1 Å². The van der Waals surface area contributed by atoms with E-state index in [2.05, 4.69) is 0 Å². The molecule has 0 N–H and O–H groups in total. The third kappa shape index (κ3) is 10.5. The van der Waals surface area contributed by atoms with Crippen LogP contribution >= 0.6 is 0 Å². The Hall–Kier alpha value is -5.56. The molecule has 69 heavy (non-hydrogen) atoms. The van der Waals surface area contributed by atoms with E-state index in [0.29, 0.717) is 11.1 Å². The van der Waals surface area contributed by atoms with Crippen molar-refractivity contribution in [3.63, 3.8) is 0 Å². The molecule has 0 radical (unpaired) electrons. The average Bonchev–Trinajstić information content (AvgIpc) is 3.84. The van der Waals surface area contributed by atoms with Crippen molar-refractivity contribution >= 4 is 12.2 Å². The van der Waals surface area contributed by atoms with Gasteiger partial charge in [0, 0.05) is 0 Å². The van der Waals surface area contributed by atoms with E-state index in [1.165, 1.54) is 12.1 Å². The molecule has 6 aromatic rings. The molecule has 6 aromatic carbocycles. The third-order valence-electron chi connectivity index (χ3n) is 13.1. The second-order valence-corrected chi connectivity index (χ2v) is 29.4. The summed E-state index contributed by atoms with van der Waals surface area (Å²) in [5.74, 6) is 0.329. The number of benzene rings is 6. The number of hydrogen-bond acceptors (Lipinski definition) is 2. The second-order valence-electron chi connectivity index (χ2n) is 18.0. The molecule has 2 atom stereocenters. The summed E-state index contributed by atoms with van der Waals surface area (Å²) in [7, 11) is 0. The van der Waals surface area contributed by atoms with Crippen LogP contribution in [0.3, 0.4) is 0 Å². The maximum Gasteiger partial charge on any atom is -0.0404 e. The fraction of sp³-hybridized carbons (Fsp3) is 0.259. The van der Waals surface area contributed by atoms with Crippen LogP contribution in [-0.4, -0.2) is 0 Å². The molecule has 0 aromatic heterocycles. The molecule has 360 valence electrons. The van der Waals surface area contributed by atoms with Crippen LogP contribution in [0.4, 0.5) is 52.7 Å². The van der Waals surface area contributed by atoms with Crippen LogP contribution in [-0.2, 0) is 45.0 Å². The summed E-state index contributed by atoms with van der Waals surface area (Å²) in [5.41, 5.74) is 2.27. The van der Waals surface area contributed by atoms with Gasteiger partial charge in [0.25, 0.3) is 0 Å². The van der Waals surface area contributed by atoms with Gasteiger partial charge in [-0.2, -0.15) is 0 Å². The van der Waals surface area contributed by atoms with Crippen molar-refractivity contribution in [1.82, 2.24) is 0 Å². The minimum atomic E-state index is -5.02. The Morgan fingerprint density at radius 3 is 0.928 bits per heavy atom. The first-order chi connectivity index (χ1) is 32.0. The smallest absolute Gasteiger partial charge is 0.0404 e. The van der Waals surface area contributed by atoms with Gasteiger partial charge in [0.2, 0.25) is 0 Å². The van der Waals surface area contributed by atoms with Gasteiger partial charge in [-0.25, -0.2) is 0 Å². The monoisotopic (exact) mass is 1040 g/mol. The summed E-state index contributed by atoms with van der Waals surface area (Å²) in [6.45, 7) is 11.1. The van der Waals surface area contributed by atoms with Gasteiger partial charge in [0.05, 0.1) is 0 Å². The van der Waals surface area contributed by atoms with E-state index < -0.39 is 67.2 Å². The Labute approximate surface area is 396 Å². The maximum absolute atomic E-state index is 13.7. The van der Waals surface area contributed by atoms with Gasteiger partial charge in [-0.05, 0) is 27.7 Å². The molecule has 1 fully saturated rings. The molecule has 0 bridgehead atoms. The zero-order valence-electron chi connectivity index (χ0n) is 38.0. The van der Waals surface area contributed by atoms with E-state index in [1.54, 1.807) is 12.1 Å². The van der Waals surface area contributed by atoms with Crippen LogP contribution in [0, 0.1) is 27.7 Å². The fourth-order valence-corrected chi connectivity index (χ4v) is 27.6. The Kier molecular flexibility index (Phi) is 13.9. The van der Waals surface area contributed by atoms with Gasteiger partial charge in [-0.15, -0.1) is 11.5 Å². The number of aryl methyl sites for hydroxylation is 4. The molecule has 0 amide bonds. The summed E-state index contributed by atoms with van der Waals surface area (Å²) in [6.07, 6.45) is -16.4. The van der Waals surface area contributed by atoms with Crippen LogP contribution in [0.5, 0.6) is 11.5 Å². The van der Waals surface area contributed by atoms with E-state index in [1.807, 2.05) is 102 Å². The molecule has 0 saturated carbocycles. The van der Waals surface area contributed by atoms with Crippen molar-refractivity contribution in [1.29, 1.82) is 0 Å². The van der Waals surface area contributed by atoms with Gasteiger partial charge in [0.15, 0.2) is 0 Å². The quantitative estimate of drug-likeness (QED) is 0.165. The van der Waals surface area contributed by atoms with Crippen molar-refractivity contribution in [3.05, 3.63) is 187 Å². The first kappa shape index (κ1) is 51.3. The number of hydrogen-bond donors (Lipinski definition) is 0. The van der Waals surface area contributed by atoms with E-state index >= 15 is 0 Å². The molecule has 15 heteroatoms. The number of fused-ring (bicyclic) bond motifs is 2. The van der Waals surface area contributed by atoms with Crippen LogP contribution in [0.2, 0.25) is 8.26 Å². The van der Waals surface area contributed by atoms with Crippen molar-refractivity contribution in [2.75, 3.05) is 0 Å². The molecule has 1 saturated heterocycles. The standard InChI is InChI=1S/2C18H11F6.2C8H10O.C2H4.Zr/c2*1-10-5-11-3-2-4-15(16(11)6-10)12-7-13(17(19,20)21)9-14(8-12)18(22,23)24;2*1-6-4-3-5-7(2)8(6)9;1-2;/h2*2-9H,1H3;2*3-5,9H,1-2H3;1-2H2;/q;;;;;+2/p-2. The minimum absolute atomic E-state index is 0.0937. The van der Waals surface area contributed by atoms with Crippen LogP contribution in [0.1, 0.15) is 87.9 Å². The normalized spacial score (nSPS) is 16.7. The number of halogens is 12. The van der Waals surface area contributed by atoms with Crippen molar-refractivity contribution in [3.8, 4) is 33.8 Å². The van der Waals surface area contributed by atoms with Gasteiger partial charge in [-0.3, -0.25) is 0 Å². The Bertz CT molecular complexity index is 2700. The Morgan fingerprint density at radius 2 is 0.681 bits per heavy atom. The minimum Gasteiger partial charge on any atom is -0.872 e. The van der Waals surface area contributed by atoms with Crippen molar-refractivity contribution in [2.24, 2.45) is 0 Å². The number of allylic oxidation sites excluding steroid dienone is 2. The summed E-state index contributed by atoms with van der Waals surface area (Å²) >= 11 is -3.49. The predicted molar refractivity (Wildman–Crippen MR) is 237 cm³/mol. The largest absolute Gasteiger partial charge is 0.872 e. The van der Waals surface area contributed by atoms with Crippen LogP contribution < -0.4 is 10.2 Å². The number of alkyl halides is 12. The van der Waals surface area contributed by atoms with Crippen LogP contribution in [0.25, 0.3) is 34.4 Å². The molecule has 2 nitrogen and oxygen atoms in total. The molecular weight excluding hydrogens is 1000 g/mol. The van der Waals surface area contributed by atoms with E-state index in [9.17, 15) is 62.9 Å². The number of rotatable bonds is 4. The zero-order valence-corrected chi connectivity index (χ0v) is 40.4. The van der Waals surface area contributed by atoms with Crippen molar-refractivity contribution in [2.45, 2.75) is 81.8 Å². The van der Waals surface area contributed by atoms with Gasteiger partial charge in [0.1, 0.15) is 0 Å². The molecule has 0 spiro atoms. The zero-order chi connectivity index (χ0) is 50.8. The maximum atomic E-state index is 13.7. The topological polar surface area (TPSA) is 46.1 Å². The Balaban J connectivity index is 0.000000325. The second kappa shape index (κ2) is 18.6. The van der Waals surface area contributed by atoms with E-state index in [4.69, 9.17) is 0 Å². The molecule has 3 aliphatic rings. The van der Waals surface area contributed by atoms with Gasteiger partial charge in [-0.1, -0.05) is 58.7 Å². The summed E-state index contributed by atoms with van der Waals surface area (Å²) < 4.78 is 167. The number of para-hydroxylation sites is 2. The van der Waals surface area contributed by atoms with E-state index in [0.717, 1.165) is 77.0 Å². The summed E-state index contributed by atoms with van der Waals surface area (Å²) in [5, 5.41) is 21.9. The van der Waals surface area contributed by atoms with Crippen molar-refractivity contribution < 1.29 is 83.2 Å². The van der Waals surface area contributed by atoms with Crippen LogP contribution in [0.15, 0.2) is 120 Å². The third-order valence-corrected chi connectivity index (χ3v) is 26.6. The summed E-state index contributed by atoms with van der Waals surface area (Å²) in [4.78, 5) is 0. The first-order valence-electron chi connectivity index (χ1n) is 21.7. The molecular formula is C54H44F12O2Zr. The van der Waals surface area contributed by atoms with Gasteiger partial charge < -0.3 is 10.2 Å². The summed E-state index contributed by atoms with van der Waals surface area (Å²) in [6, 6.07) is 24.1.